The first-order valence-corrected chi connectivity index (χ1v) is 22.1. The Morgan fingerprint density at radius 2 is 0.778 bits per heavy atom. The van der Waals surface area contributed by atoms with E-state index in [-0.39, 0.29) is 0 Å². The van der Waals surface area contributed by atoms with Gasteiger partial charge < -0.3 is 0 Å². The maximum absolute atomic E-state index is 2.61. The summed E-state index contributed by atoms with van der Waals surface area (Å²) in [5, 5.41) is 11.3. The molecule has 0 aromatic heterocycles. The summed E-state index contributed by atoms with van der Waals surface area (Å²) in [7, 11) is 0. The van der Waals surface area contributed by atoms with E-state index < -0.39 is 0 Å². The molecule has 0 heterocycles. The fourth-order valence-electron chi connectivity index (χ4n) is 10.9. The molecule has 0 nitrogen and oxygen atoms in total. The summed E-state index contributed by atoms with van der Waals surface area (Å²) in [6.07, 6.45) is 23.8. The Labute approximate surface area is 324 Å². The lowest BCUT2D eigenvalue weighted by Crippen LogP contribution is -2.00. The van der Waals surface area contributed by atoms with E-state index in [4.69, 9.17) is 0 Å². The van der Waals surface area contributed by atoms with Gasteiger partial charge in [0.05, 0.1) is 0 Å². The molecule has 0 radical (unpaired) electrons. The molecule has 7 aromatic rings. The van der Waals surface area contributed by atoms with Gasteiger partial charge in [0.2, 0.25) is 0 Å². The molecule has 0 heteroatoms. The third-order valence-electron chi connectivity index (χ3n) is 13.7. The van der Waals surface area contributed by atoms with E-state index in [9.17, 15) is 0 Å². The summed E-state index contributed by atoms with van der Waals surface area (Å²) in [6.45, 7) is 4.62. The van der Waals surface area contributed by atoms with Gasteiger partial charge in [0.1, 0.15) is 0 Å². The molecule has 0 spiro atoms. The van der Waals surface area contributed by atoms with Crippen LogP contribution in [0.15, 0.2) is 97.1 Å². The molecule has 0 atom stereocenters. The van der Waals surface area contributed by atoms with Crippen LogP contribution in [0.4, 0.5) is 0 Å². The normalized spacial score (nSPS) is 15.6. The van der Waals surface area contributed by atoms with Crippen molar-refractivity contribution >= 4 is 43.1 Å². The van der Waals surface area contributed by atoms with Gasteiger partial charge in [-0.2, -0.15) is 0 Å². The van der Waals surface area contributed by atoms with E-state index in [1.54, 1.807) is 11.1 Å². The van der Waals surface area contributed by atoms with Crippen LogP contribution in [0.1, 0.15) is 151 Å². The van der Waals surface area contributed by atoms with Crippen molar-refractivity contribution in [2.75, 3.05) is 0 Å². The molecule has 0 amide bonds. The Hall–Kier alpha value is -4.16. The van der Waals surface area contributed by atoms with Crippen molar-refractivity contribution in [2.24, 2.45) is 0 Å². The topological polar surface area (TPSA) is 0 Å². The van der Waals surface area contributed by atoms with E-state index in [2.05, 4.69) is 111 Å². The summed E-state index contributed by atoms with van der Waals surface area (Å²) in [6, 6.07) is 39.3. The van der Waals surface area contributed by atoms with E-state index >= 15 is 0 Å². The Morgan fingerprint density at radius 3 is 1.20 bits per heavy atom. The van der Waals surface area contributed by atoms with Crippen LogP contribution in [-0.2, 0) is 12.8 Å². The molecule has 0 unspecified atom stereocenters. The lowest BCUT2D eigenvalue weighted by molar-refractivity contribution is 0.665. The van der Waals surface area contributed by atoms with E-state index in [1.807, 2.05) is 0 Å². The van der Waals surface area contributed by atoms with Crippen LogP contribution >= 0.6 is 0 Å². The number of fused-ring (bicyclic) bond motifs is 2. The molecule has 0 bridgehead atoms. The van der Waals surface area contributed by atoms with Crippen molar-refractivity contribution in [1.82, 2.24) is 0 Å². The molecule has 7 aromatic carbocycles. The SMILES string of the molecule is CCCCCCc1ccc(-c2ccc3c4ccc(-c5ccc(CCCCCC)cc5C5CCCC5)c5cccc(c6cccc2c63)c54)c(C2CCCC2)c1. The number of benzene rings is 7. The van der Waals surface area contributed by atoms with Gasteiger partial charge in [-0.25, -0.2) is 0 Å². The van der Waals surface area contributed by atoms with Crippen LogP contribution in [-0.4, -0.2) is 0 Å². The average Bonchev–Trinajstić information content (AvgIpc) is 3.96. The second-order valence-corrected chi connectivity index (χ2v) is 17.2. The minimum atomic E-state index is 0.679. The van der Waals surface area contributed by atoms with Crippen LogP contribution in [0.5, 0.6) is 0 Å². The highest BCUT2D eigenvalue weighted by molar-refractivity contribution is 6.35. The molecule has 9 rings (SSSR count). The number of hydrogen-bond donors (Lipinski definition) is 0. The molecule has 0 saturated heterocycles. The van der Waals surface area contributed by atoms with Gasteiger partial charge in [-0.3, -0.25) is 0 Å². The first-order valence-electron chi connectivity index (χ1n) is 22.1. The van der Waals surface area contributed by atoms with Crippen molar-refractivity contribution in [1.29, 1.82) is 0 Å². The maximum atomic E-state index is 2.61. The predicted octanol–water partition coefficient (Wildman–Crippen LogP) is 16.6. The predicted molar refractivity (Wildman–Crippen MR) is 237 cm³/mol. The third-order valence-corrected chi connectivity index (χ3v) is 13.7. The fraction of sp³-hybridized carbons (Fsp3) is 0.407. The minimum Gasteiger partial charge on any atom is -0.0654 e. The highest BCUT2D eigenvalue weighted by Gasteiger charge is 2.25. The van der Waals surface area contributed by atoms with Crippen LogP contribution in [0.25, 0.3) is 65.3 Å². The van der Waals surface area contributed by atoms with Gasteiger partial charge in [0.15, 0.2) is 0 Å². The summed E-state index contributed by atoms with van der Waals surface area (Å²) in [5.74, 6) is 1.36. The van der Waals surface area contributed by atoms with Gasteiger partial charge >= 0.3 is 0 Å². The molecule has 0 N–H and O–H groups in total. The number of rotatable bonds is 14. The number of unbranched alkanes of at least 4 members (excludes halogenated alkanes) is 6. The molecule has 2 aliphatic carbocycles. The quantitative estimate of drug-likeness (QED) is 0.0599. The van der Waals surface area contributed by atoms with Crippen molar-refractivity contribution in [3.63, 3.8) is 0 Å². The molecule has 2 fully saturated rings. The highest BCUT2D eigenvalue weighted by atomic mass is 14.3. The second kappa shape index (κ2) is 15.9. The smallest absolute Gasteiger partial charge is 0.00201 e. The number of hydrogen-bond acceptors (Lipinski definition) is 0. The number of aryl methyl sites for hydroxylation is 2. The van der Waals surface area contributed by atoms with Gasteiger partial charge in [-0.15, -0.1) is 0 Å². The molecule has 276 valence electrons. The van der Waals surface area contributed by atoms with Gasteiger partial charge in [0, 0.05) is 0 Å². The van der Waals surface area contributed by atoms with Crippen LogP contribution < -0.4 is 0 Å². The van der Waals surface area contributed by atoms with Crippen molar-refractivity contribution in [3.8, 4) is 22.3 Å². The Morgan fingerprint density at radius 1 is 0.389 bits per heavy atom. The van der Waals surface area contributed by atoms with Gasteiger partial charge in [-0.05, 0) is 151 Å². The fourth-order valence-corrected chi connectivity index (χ4v) is 10.9. The molecule has 2 saturated carbocycles. The third kappa shape index (κ3) is 6.63. The van der Waals surface area contributed by atoms with Gasteiger partial charge in [-0.1, -0.05) is 175 Å². The molecular weight excluding hydrogens is 649 g/mol. The van der Waals surface area contributed by atoms with Crippen LogP contribution in [0.2, 0.25) is 0 Å². The second-order valence-electron chi connectivity index (χ2n) is 17.2. The van der Waals surface area contributed by atoms with Crippen molar-refractivity contribution in [2.45, 2.75) is 141 Å². The standard InChI is InChI=1S/C54H60/c1-3-5-7-9-17-37-27-29-43(51(35-37)39-19-11-12-20-39)41-31-33-49-50-34-32-42(46-24-16-26-48(54(46)50)47-25-15-23-45(41)53(47)49)44-30-28-38(18-10-8-6-4-2)36-52(44)40-21-13-14-22-40/h15-16,23-36,39-40H,3-14,17-22H2,1-2H3. The molecule has 0 aliphatic heterocycles. The average molecular weight is 709 g/mol. The summed E-state index contributed by atoms with van der Waals surface area (Å²) in [5.41, 5.74) is 12.0. The van der Waals surface area contributed by atoms with Crippen LogP contribution in [0, 0.1) is 0 Å². The Balaban J connectivity index is 1.18. The zero-order valence-corrected chi connectivity index (χ0v) is 33.1. The summed E-state index contributed by atoms with van der Waals surface area (Å²) < 4.78 is 0. The van der Waals surface area contributed by atoms with Crippen LogP contribution in [0.3, 0.4) is 0 Å². The zero-order chi connectivity index (χ0) is 36.4. The van der Waals surface area contributed by atoms with Crippen molar-refractivity contribution < 1.29 is 0 Å². The van der Waals surface area contributed by atoms with E-state index in [1.165, 1.54) is 192 Å². The lowest BCUT2D eigenvalue weighted by atomic mass is 9.81. The Bertz CT molecular complexity index is 2190. The largest absolute Gasteiger partial charge is 0.0654 e. The minimum absolute atomic E-state index is 0.679. The first-order chi connectivity index (χ1) is 26.7. The maximum Gasteiger partial charge on any atom is -0.00201 e. The highest BCUT2D eigenvalue weighted by Crippen LogP contribution is 2.48. The molecular formula is C54H60. The van der Waals surface area contributed by atoms with Crippen molar-refractivity contribution in [3.05, 3.63) is 119 Å². The molecule has 2 aliphatic rings. The monoisotopic (exact) mass is 708 g/mol. The first kappa shape index (κ1) is 35.5. The lowest BCUT2D eigenvalue weighted by Gasteiger charge is -2.22. The molecule has 54 heavy (non-hydrogen) atoms. The Kier molecular flexibility index (Phi) is 10.5. The zero-order valence-electron chi connectivity index (χ0n) is 33.1. The van der Waals surface area contributed by atoms with E-state index in [0.29, 0.717) is 11.8 Å². The van der Waals surface area contributed by atoms with Gasteiger partial charge in [0.25, 0.3) is 0 Å². The van der Waals surface area contributed by atoms with E-state index in [0.717, 1.165) is 0 Å². The summed E-state index contributed by atoms with van der Waals surface area (Å²) >= 11 is 0. The summed E-state index contributed by atoms with van der Waals surface area (Å²) in [4.78, 5) is 0.